The van der Waals surface area contributed by atoms with Crippen LogP contribution in [0.2, 0.25) is 0 Å². The molecule has 2 heteroatoms. The van der Waals surface area contributed by atoms with Crippen molar-refractivity contribution in [3.63, 3.8) is 0 Å². The molecule has 1 heterocycles. The third-order valence-corrected chi connectivity index (χ3v) is 2.11. The highest BCUT2D eigenvalue weighted by Gasteiger charge is 2.23. The van der Waals surface area contributed by atoms with E-state index in [4.69, 9.17) is 0 Å². The van der Waals surface area contributed by atoms with E-state index in [9.17, 15) is 4.79 Å². The minimum Gasteiger partial charge on any atom is -0.312 e. The van der Waals surface area contributed by atoms with Crippen LogP contribution in [0.3, 0.4) is 0 Å². The van der Waals surface area contributed by atoms with E-state index < -0.39 is 0 Å². The van der Waals surface area contributed by atoms with Gasteiger partial charge in [-0.15, -0.1) is 0 Å². The Bertz CT molecular complexity index is 323. The largest absolute Gasteiger partial charge is 0.312 e. The van der Waals surface area contributed by atoms with Crippen molar-refractivity contribution in [1.29, 1.82) is 0 Å². The summed E-state index contributed by atoms with van der Waals surface area (Å²) in [7, 11) is 0. The van der Waals surface area contributed by atoms with Gasteiger partial charge in [0, 0.05) is 17.8 Å². The highest BCUT2D eigenvalue weighted by molar-refractivity contribution is 5.09. The first-order valence-electron chi connectivity index (χ1n) is 4.97. The van der Waals surface area contributed by atoms with Gasteiger partial charge in [0.15, 0.2) is 0 Å². The molecule has 0 saturated heterocycles. The Labute approximate surface area is 79.2 Å². The molecule has 0 bridgehead atoms. The summed E-state index contributed by atoms with van der Waals surface area (Å²) in [5.41, 5.74) is 1.02. The van der Waals surface area contributed by atoms with Crippen molar-refractivity contribution in [1.82, 2.24) is 4.57 Å². The van der Waals surface area contributed by atoms with Gasteiger partial charge in [0.2, 0.25) is 0 Å². The third-order valence-electron chi connectivity index (χ3n) is 2.11. The van der Waals surface area contributed by atoms with Crippen LogP contribution in [-0.2, 0) is 0 Å². The van der Waals surface area contributed by atoms with Crippen molar-refractivity contribution >= 4 is 0 Å². The van der Waals surface area contributed by atoms with Crippen LogP contribution in [0.15, 0.2) is 23.1 Å². The smallest absolute Gasteiger partial charge is 0.253 e. The Morgan fingerprint density at radius 2 is 2.00 bits per heavy atom. The zero-order valence-electron chi connectivity index (χ0n) is 8.58. The highest BCUT2D eigenvalue weighted by atomic mass is 16.1. The van der Waals surface area contributed by atoms with Gasteiger partial charge in [-0.1, -0.05) is 19.9 Å². The maximum atomic E-state index is 11.4. The molecule has 2 nitrogen and oxygen atoms in total. The van der Waals surface area contributed by atoms with Gasteiger partial charge >= 0.3 is 0 Å². The first-order valence-corrected chi connectivity index (χ1v) is 4.97. The molecule has 0 N–H and O–H groups in total. The Morgan fingerprint density at radius 3 is 2.54 bits per heavy atom. The van der Waals surface area contributed by atoms with Gasteiger partial charge in [0.05, 0.1) is 0 Å². The molecule has 0 spiro atoms. The lowest BCUT2D eigenvalue weighted by molar-refractivity contribution is 0.702. The number of aromatic nitrogens is 1. The molecule has 1 aromatic rings. The van der Waals surface area contributed by atoms with E-state index in [1.165, 1.54) is 12.8 Å². The minimum atomic E-state index is 0.176. The second kappa shape index (κ2) is 4.26. The highest BCUT2D eigenvalue weighted by Crippen LogP contribution is 2.33. The molecule has 1 aromatic heterocycles. The number of hydrogen-bond donors (Lipinski definition) is 0. The Kier molecular flexibility index (Phi) is 3.29. The molecule has 0 aliphatic heterocycles. The molecular weight excluding hydrogens is 162 g/mol. The molecule has 0 unspecified atom stereocenters. The fourth-order valence-corrected chi connectivity index (χ4v) is 1.26. The Hall–Kier alpha value is -1.05. The van der Waals surface area contributed by atoms with Crippen LogP contribution in [0.25, 0.3) is 0 Å². The monoisotopic (exact) mass is 179 g/mol. The zero-order chi connectivity index (χ0) is 9.84. The summed E-state index contributed by atoms with van der Waals surface area (Å²) in [4.78, 5) is 11.4. The quantitative estimate of drug-likeness (QED) is 0.649. The topological polar surface area (TPSA) is 22.0 Å². The van der Waals surface area contributed by atoms with E-state index in [2.05, 4.69) is 0 Å². The molecule has 0 aromatic carbocycles. The van der Waals surface area contributed by atoms with Crippen LogP contribution in [-0.4, -0.2) is 4.57 Å². The van der Waals surface area contributed by atoms with Gasteiger partial charge < -0.3 is 4.57 Å². The molecule has 1 fully saturated rings. The van der Waals surface area contributed by atoms with E-state index in [0.29, 0.717) is 6.04 Å². The SMILES string of the molecule is CC.Cc1cccn(C2CC2)c1=O. The molecule has 0 amide bonds. The average Bonchev–Trinajstić information content (AvgIpc) is 2.97. The Morgan fingerprint density at radius 1 is 1.38 bits per heavy atom. The summed E-state index contributed by atoms with van der Waals surface area (Å²) >= 11 is 0. The lowest BCUT2D eigenvalue weighted by Gasteiger charge is -2.02. The van der Waals surface area contributed by atoms with E-state index >= 15 is 0 Å². The predicted molar refractivity (Wildman–Crippen MR) is 55.1 cm³/mol. The van der Waals surface area contributed by atoms with Crippen molar-refractivity contribution in [2.45, 2.75) is 39.7 Å². The number of nitrogens with zero attached hydrogens (tertiary/aromatic N) is 1. The van der Waals surface area contributed by atoms with Gasteiger partial charge in [-0.2, -0.15) is 0 Å². The molecule has 13 heavy (non-hydrogen) atoms. The minimum absolute atomic E-state index is 0.176. The van der Waals surface area contributed by atoms with E-state index in [0.717, 1.165) is 5.56 Å². The molecule has 1 saturated carbocycles. The van der Waals surface area contributed by atoms with Gasteiger partial charge in [-0.05, 0) is 25.8 Å². The summed E-state index contributed by atoms with van der Waals surface area (Å²) in [5, 5.41) is 0. The van der Waals surface area contributed by atoms with Crippen molar-refractivity contribution in [2.24, 2.45) is 0 Å². The standard InChI is InChI=1S/C9H11NO.C2H6/c1-7-3-2-6-10(9(7)11)8-4-5-8;1-2/h2-3,6,8H,4-5H2,1H3;1-2H3. The summed E-state index contributed by atoms with van der Waals surface area (Å²) in [6.45, 7) is 5.86. The summed E-state index contributed by atoms with van der Waals surface area (Å²) in [5.74, 6) is 0. The summed E-state index contributed by atoms with van der Waals surface area (Å²) < 4.78 is 1.84. The van der Waals surface area contributed by atoms with Gasteiger partial charge in [-0.25, -0.2) is 0 Å². The van der Waals surface area contributed by atoms with E-state index in [1.54, 1.807) is 0 Å². The molecule has 72 valence electrons. The van der Waals surface area contributed by atoms with Crippen molar-refractivity contribution in [2.75, 3.05) is 0 Å². The van der Waals surface area contributed by atoms with Crippen molar-refractivity contribution < 1.29 is 0 Å². The predicted octanol–water partition coefficient (Wildman–Crippen LogP) is 2.52. The lowest BCUT2D eigenvalue weighted by atomic mass is 10.3. The second-order valence-corrected chi connectivity index (χ2v) is 3.13. The molecule has 1 aliphatic carbocycles. The first-order chi connectivity index (χ1) is 6.29. The zero-order valence-corrected chi connectivity index (χ0v) is 8.58. The average molecular weight is 179 g/mol. The first kappa shape index (κ1) is 10.0. The summed E-state index contributed by atoms with van der Waals surface area (Å²) in [6, 6.07) is 4.30. The maximum Gasteiger partial charge on any atom is 0.253 e. The maximum absolute atomic E-state index is 11.4. The molecule has 2 rings (SSSR count). The third kappa shape index (κ3) is 2.20. The number of aryl methyl sites for hydroxylation is 1. The van der Waals surface area contributed by atoms with Crippen LogP contribution in [0, 0.1) is 6.92 Å². The molecule has 0 radical (unpaired) electrons. The fourth-order valence-electron chi connectivity index (χ4n) is 1.26. The molecular formula is C11H17NO. The molecule has 1 aliphatic rings. The van der Waals surface area contributed by atoms with Crippen LogP contribution in [0.5, 0.6) is 0 Å². The van der Waals surface area contributed by atoms with Crippen molar-refractivity contribution in [3.8, 4) is 0 Å². The summed E-state index contributed by atoms with van der Waals surface area (Å²) in [6.07, 6.45) is 4.22. The van der Waals surface area contributed by atoms with Gasteiger partial charge in [0.1, 0.15) is 0 Å². The van der Waals surface area contributed by atoms with E-state index in [1.807, 2.05) is 43.7 Å². The number of hydrogen-bond acceptors (Lipinski definition) is 1. The van der Waals surface area contributed by atoms with Crippen LogP contribution < -0.4 is 5.56 Å². The Balaban J connectivity index is 0.000000396. The fraction of sp³-hybridized carbons (Fsp3) is 0.545. The van der Waals surface area contributed by atoms with Crippen LogP contribution in [0.4, 0.5) is 0 Å². The van der Waals surface area contributed by atoms with Crippen LogP contribution in [0.1, 0.15) is 38.3 Å². The van der Waals surface area contributed by atoms with Gasteiger partial charge in [0.25, 0.3) is 5.56 Å². The van der Waals surface area contributed by atoms with Gasteiger partial charge in [-0.3, -0.25) is 4.79 Å². The van der Waals surface area contributed by atoms with Crippen molar-refractivity contribution in [3.05, 3.63) is 34.2 Å². The number of pyridine rings is 1. The number of rotatable bonds is 1. The van der Waals surface area contributed by atoms with E-state index in [-0.39, 0.29) is 5.56 Å². The lowest BCUT2D eigenvalue weighted by Crippen LogP contribution is -2.19. The van der Waals surface area contributed by atoms with Crippen LogP contribution >= 0.6 is 0 Å². The second-order valence-electron chi connectivity index (χ2n) is 3.13. The molecule has 0 atom stereocenters. The normalized spacial score (nSPS) is 14.7.